The van der Waals surface area contributed by atoms with E-state index in [1.54, 1.807) is 56.3 Å². The van der Waals surface area contributed by atoms with Gasteiger partial charge in [-0.3, -0.25) is 19.2 Å². The molecule has 2 aromatic rings. The van der Waals surface area contributed by atoms with Crippen LogP contribution in [0.4, 0.5) is 0 Å². The Morgan fingerprint density at radius 3 is 1.88 bits per heavy atom. The van der Waals surface area contributed by atoms with Gasteiger partial charge < -0.3 is 37.0 Å². The number of aromatic hydroxyl groups is 1. The molecule has 40 heavy (non-hydrogen) atoms. The first-order valence-electron chi connectivity index (χ1n) is 12.8. The average molecular weight is 557 g/mol. The van der Waals surface area contributed by atoms with Gasteiger partial charge >= 0.3 is 11.9 Å². The first kappa shape index (κ1) is 31.8. The third-order valence-corrected chi connectivity index (χ3v) is 6.43. The van der Waals surface area contributed by atoms with Crippen molar-refractivity contribution in [3.05, 3.63) is 65.7 Å². The van der Waals surface area contributed by atoms with Crippen molar-refractivity contribution < 1.29 is 39.3 Å². The third kappa shape index (κ3) is 10.0. The molecule has 0 aliphatic heterocycles. The summed E-state index contributed by atoms with van der Waals surface area (Å²) in [6.07, 6.45) is -0.214. The smallest absolute Gasteiger partial charge is 0.326 e. The number of benzene rings is 2. The van der Waals surface area contributed by atoms with E-state index in [0.717, 1.165) is 0 Å². The standard InChI is InChI=1S/C28H36N4O8/c1-3-16(2)24(32-25(36)20(29)15-23(34)35)27(38)30-21(13-18-9-11-19(33)12-10-18)26(37)31-22(28(39)40)14-17-7-5-4-6-8-17/h4-12,16,20-22,24,33H,3,13-15,29H2,1-2H3,(H,30,38)(H,31,37)(H,32,36)(H,34,35)(H,39,40). The van der Waals surface area contributed by atoms with Crippen LogP contribution in [0, 0.1) is 5.92 Å². The first-order chi connectivity index (χ1) is 18.9. The van der Waals surface area contributed by atoms with Crippen molar-refractivity contribution in [3.63, 3.8) is 0 Å². The molecule has 0 radical (unpaired) electrons. The van der Waals surface area contributed by atoms with Crippen LogP contribution in [-0.4, -0.2) is 69.1 Å². The van der Waals surface area contributed by atoms with Crippen molar-refractivity contribution in [1.29, 1.82) is 0 Å². The topological polar surface area (TPSA) is 208 Å². The SMILES string of the molecule is CCC(C)C(NC(=O)C(N)CC(=O)O)C(=O)NC(Cc1ccc(O)cc1)C(=O)NC(Cc1ccccc1)C(=O)O. The Morgan fingerprint density at radius 2 is 1.32 bits per heavy atom. The molecule has 12 nitrogen and oxygen atoms in total. The van der Waals surface area contributed by atoms with Gasteiger partial charge in [0.15, 0.2) is 0 Å². The van der Waals surface area contributed by atoms with Crippen LogP contribution in [0.3, 0.4) is 0 Å². The van der Waals surface area contributed by atoms with Gasteiger partial charge in [-0.25, -0.2) is 4.79 Å². The van der Waals surface area contributed by atoms with Crippen LogP contribution in [0.1, 0.15) is 37.8 Å². The van der Waals surface area contributed by atoms with Gasteiger partial charge in [0.25, 0.3) is 0 Å². The molecular formula is C28H36N4O8. The highest BCUT2D eigenvalue weighted by atomic mass is 16.4. The molecule has 3 amide bonds. The lowest BCUT2D eigenvalue weighted by molar-refractivity contribution is -0.142. The molecule has 0 bridgehead atoms. The van der Waals surface area contributed by atoms with Crippen LogP contribution < -0.4 is 21.7 Å². The maximum Gasteiger partial charge on any atom is 0.326 e. The number of carbonyl (C=O) groups excluding carboxylic acids is 3. The number of aliphatic carboxylic acids is 2. The van der Waals surface area contributed by atoms with Crippen molar-refractivity contribution >= 4 is 29.7 Å². The molecule has 0 saturated carbocycles. The number of nitrogens with two attached hydrogens (primary N) is 1. The molecule has 0 aliphatic rings. The Morgan fingerprint density at radius 1 is 0.775 bits per heavy atom. The second-order valence-electron chi connectivity index (χ2n) is 9.60. The summed E-state index contributed by atoms with van der Waals surface area (Å²) in [6.45, 7) is 3.48. The maximum absolute atomic E-state index is 13.4. The molecule has 12 heteroatoms. The summed E-state index contributed by atoms with van der Waals surface area (Å²) in [7, 11) is 0. The van der Waals surface area contributed by atoms with E-state index in [4.69, 9.17) is 10.8 Å². The number of phenols is 1. The van der Waals surface area contributed by atoms with E-state index >= 15 is 0 Å². The van der Waals surface area contributed by atoms with E-state index in [2.05, 4.69) is 16.0 Å². The predicted octanol–water partition coefficient (Wildman–Crippen LogP) is 0.565. The highest BCUT2D eigenvalue weighted by Gasteiger charge is 2.33. The number of carboxylic acid groups (broad SMARTS) is 2. The Balaban J connectivity index is 2.28. The minimum atomic E-state index is -1.39. The normalized spacial score (nSPS) is 14.6. The van der Waals surface area contributed by atoms with Crippen LogP contribution in [0.5, 0.6) is 5.75 Å². The molecule has 0 aromatic heterocycles. The van der Waals surface area contributed by atoms with Crippen LogP contribution in [0.2, 0.25) is 0 Å². The number of phenolic OH excluding ortho intramolecular Hbond substituents is 1. The number of carboxylic acids is 2. The molecule has 0 aliphatic carbocycles. The zero-order chi connectivity index (χ0) is 29.8. The second kappa shape index (κ2) is 15.2. The minimum Gasteiger partial charge on any atom is -0.508 e. The monoisotopic (exact) mass is 556 g/mol. The summed E-state index contributed by atoms with van der Waals surface area (Å²) in [5.41, 5.74) is 6.91. The Kier molecular flexibility index (Phi) is 12.1. The lowest BCUT2D eigenvalue weighted by Gasteiger charge is -2.28. The van der Waals surface area contributed by atoms with Crippen LogP contribution in [0.15, 0.2) is 54.6 Å². The van der Waals surface area contributed by atoms with Crippen molar-refractivity contribution in [2.45, 2.75) is 63.7 Å². The number of rotatable bonds is 15. The summed E-state index contributed by atoms with van der Waals surface area (Å²) in [6, 6.07) is 9.60. The summed E-state index contributed by atoms with van der Waals surface area (Å²) < 4.78 is 0. The molecule has 0 saturated heterocycles. The largest absolute Gasteiger partial charge is 0.508 e. The second-order valence-corrected chi connectivity index (χ2v) is 9.60. The van der Waals surface area contributed by atoms with E-state index in [-0.39, 0.29) is 18.6 Å². The van der Waals surface area contributed by atoms with Gasteiger partial charge in [-0.2, -0.15) is 0 Å². The summed E-state index contributed by atoms with van der Waals surface area (Å²) in [5, 5.41) is 35.9. The number of carbonyl (C=O) groups is 5. The molecule has 5 atom stereocenters. The maximum atomic E-state index is 13.4. The molecule has 0 heterocycles. The molecular weight excluding hydrogens is 520 g/mol. The lowest BCUT2D eigenvalue weighted by Crippen LogP contribution is -2.59. The highest BCUT2D eigenvalue weighted by molar-refractivity contribution is 5.95. The molecule has 2 rings (SSSR count). The summed E-state index contributed by atoms with van der Waals surface area (Å²) in [5.74, 6) is -5.27. The fourth-order valence-corrected chi connectivity index (χ4v) is 3.90. The van der Waals surface area contributed by atoms with Crippen LogP contribution in [-0.2, 0) is 36.8 Å². The van der Waals surface area contributed by atoms with Gasteiger partial charge in [-0.1, -0.05) is 62.7 Å². The quantitative estimate of drug-likeness (QED) is 0.163. The Labute approximate surface area is 232 Å². The van der Waals surface area contributed by atoms with Crippen molar-refractivity contribution in [2.75, 3.05) is 0 Å². The van der Waals surface area contributed by atoms with Gasteiger partial charge in [0.2, 0.25) is 17.7 Å². The third-order valence-electron chi connectivity index (χ3n) is 6.43. The van der Waals surface area contributed by atoms with E-state index in [1.807, 2.05) is 0 Å². The van der Waals surface area contributed by atoms with Crippen molar-refractivity contribution in [1.82, 2.24) is 16.0 Å². The molecule has 8 N–H and O–H groups in total. The number of amides is 3. The van der Waals surface area contributed by atoms with Crippen molar-refractivity contribution in [3.8, 4) is 5.75 Å². The minimum absolute atomic E-state index is 0.000152. The van der Waals surface area contributed by atoms with E-state index in [9.17, 15) is 34.2 Å². The lowest BCUT2D eigenvalue weighted by atomic mass is 9.96. The van der Waals surface area contributed by atoms with Crippen molar-refractivity contribution in [2.24, 2.45) is 11.7 Å². The summed E-state index contributed by atoms with van der Waals surface area (Å²) in [4.78, 5) is 62.1. The average Bonchev–Trinajstić information content (AvgIpc) is 2.91. The number of hydrogen-bond donors (Lipinski definition) is 7. The van der Waals surface area contributed by atoms with Gasteiger partial charge in [-0.05, 0) is 29.2 Å². The number of nitrogens with one attached hydrogen (secondary N) is 3. The molecule has 0 fully saturated rings. The van der Waals surface area contributed by atoms with Crippen LogP contribution in [0.25, 0.3) is 0 Å². The Bertz CT molecular complexity index is 1170. The van der Waals surface area contributed by atoms with Crippen LogP contribution >= 0.6 is 0 Å². The summed E-state index contributed by atoms with van der Waals surface area (Å²) >= 11 is 0. The molecule has 216 valence electrons. The predicted molar refractivity (Wildman–Crippen MR) is 145 cm³/mol. The van der Waals surface area contributed by atoms with Gasteiger partial charge in [0, 0.05) is 12.8 Å². The highest BCUT2D eigenvalue weighted by Crippen LogP contribution is 2.14. The fraction of sp³-hybridized carbons (Fsp3) is 0.393. The van der Waals surface area contributed by atoms with E-state index in [0.29, 0.717) is 17.5 Å². The molecule has 0 spiro atoms. The fourth-order valence-electron chi connectivity index (χ4n) is 3.90. The zero-order valence-corrected chi connectivity index (χ0v) is 22.4. The zero-order valence-electron chi connectivity index (χ0n) is 22.4. The first-order valence-corrected chi connectivity index (χ1v) is 12.8. The van der Waals surface area contributed by atoms with Gasteiger partial charge in [0.05, 0.1) is 12.5 Å². The molecule has 5 unspecified atom stereocenters. The van der Waals surface area contributed by atoms with Gasteiger partial charge in [0.1, 0.15) is 23.9 Å². The van der Waals surface area contributed by atoms with Gasteiger partial charge in [-0.15, -0.1) is 0 Å². The van der Waals surface area contributed by atoms with E-state index in [1.165, 1.54) is 12.1 Å². The Hall–Kier alpha value is -4.45. The van der Waals surface area contributed by atoms with E-state index < -0.39 is 66.2 Å². The number of hydrogen-bond acceptors (Lipinski definition) is 7. The molecule has 2 aromatic carbocycles.